The zero-order chi connectivity index (χ0) is 20.8. The van der Waals surface area contributed by atoms with E-state index in [0.717, 1.165) is 26.1 Å². The summed E-state index contributed by atoms with van der Waals surface area (Å²) in [6, 6.07) is 16.1. The molecule has 1 aromatic carbocycles. The van der Waals surface area contributed by atoms with Gasteiger partial charge in [0.1, 0.15) is 11.9 Å². The maximum absolute atomic E-state index is 12.9. The highest BCUT2D eigenvalue weighted by molar-refractivity contribution is 5.74. The maximum Gasteiger partial charge on any atom is 0.317 e. The lowest BCUT2D eigenvalue weighted by Gasteiger charge is -2.39. The van der Waals surface area contributed by atoms with Crippen molar-refractivity contribution in [3.05, 3.63) is 59.8 Å². The van der Waals surface area contributed by atoms with Crippen molar-refractivity contribution in [1.29, 1.82) is 5.26 Å². The number of carbonyl (C=O) groups excluding carboxylic acids is 1. The van der Waals surface area contributed by atoms with Gasteiger partial charge in [-0.25, -0.2) is 9.78 Å². The molecule has 2 aliphatic heterocycles. The normalized spacial score (nSPS) is 18.5. The van der Waals surface area contributed by atoms with Gasteiger partial charge in [-0.2, -0.15) is 5.26 Å². The number of benzene rings is 1. The zero-order valence-corrected chi connectivity index (χ0v) is 17.1. The van der Waals surface area contributed by atoms with Crippen LogP contribution in [0.15, 0.2) is 48.7 Å². The van der Waals surface area contributed by atoms with Crippen molar-refractivity contribution in [3.8, 4) is 6.07 Å². The van der Waals surface area contributed by atoms with E-state index < -0.39 is 0 Å². The molecule has 0 aliphatic carbocycles. The zero-order valence-electron chi connectivity index (χ0n) is 17.1. The summed E-state index contributed by atoms with van der Waals surface area (Å²) in [5, 5.41) is 12.5. The average molecular weight is 406 g/mol. The Hall–Kier alpha value is -3.11. The van der Waals surface area contributed by atoms with Crippen LogP contribution in [0.2, 0.25) is 0 Å². The first-order valence-electron chi connectivity index (χ1n) is 10.5. The predicted molar refractivity (Wildman–Crippen MR) is 114 cm³/mol. The van der Waals surface area contributed by atoms with Crippen LogP contribution in [0.5, 0.6) is 0 Å². The Morgan fingerprint density at radius 3 is 2.53 bits per heavy atom. The number of nitrogens with one attached hydrogen (secondary N) is 1. The quantitative estimate of drug-likeness (QED) is 0.845. The fourth-order valence-corrected chi connectivity index (χ4v) is 4.34. The number of aromatic nitrogens is 1. The Morgan fingerprint density at radius 1 is 1.10 bits per heavy atom. The third-order valence-electron chi connectivity index (χ3n) is 6.19. The van der Waals surface area contributed by atoms with Gasteiger partial charge in [0.15, 0.2) is 0 Å². The highest BCUT2D eigenvalue weighted by Gasteiger charge is 2.35. The number of rotatable bonds is 4. The molecule has 2 aliphatic rings. The van der Waals surface area contributed by atoms with Gasteiger partial charge in [-0.15, -0.1) is 0 Å². The minimum absolute atomic E-state index is 0.0297. The third kappa shape index (κ3) is 4.24. The molecule has 1 aromatic heterocycles. The molecular formula is C23H27N5O2. The molecule has 2 saturated heterocycles. The topological polar surface area (TPSA) is 81.5 Å². The van der Waals surface area contributed by atoms with Gasteiger partial charge in [0.2, 0.25) is 0 Å². The second-order valence-corrected chi connectivity index (χ2v) is 7.88. The molecule has 7 nitrogen and oxygen atoms in total. The molecule has 2 fully saturated rings. The molecule has 1 N–H and O–H groups in total. The number of hydrogen-bond acceptors (Lipinski definition) is 5. The van der Waals surface area contributed by atoms with Crippen LogP contribution in [0.25, 0.3) is 0 Å². The molecule has 156 valence electrons. The van der Waals surface area contributed by atoms with Crippen molar-refractivity contribution < 1.29 is 9.53 Å². The minimum atomic E-state index is -0.0767. The van der Waals surface area contributed by atoms with Crippen molar-refractivity contribution in [1.82, 2.24) is 15.2 Å². The number of amides is 2. The molecule has 0 atom stereocenters. The van der Waals surface area contributed by atoms with Crippen LogP contribution >= 0.6 is 0 Å². The van der Waals surface area contributed by atoms with Crippen LogP contribution < -0.4 is 10.2 Å². The minimum Gasteiger partial charge on any atom is -0.381 e. The van der Waals surface area contributed by atoms with Crippen LogP contribution in [0, 0.1) is 11.3 Å². The lowest BCUT2D eigenvalue weighted by Crippen LogP contribution is -2.54. The van der Waals surface area contributed by atoms with E-state index in [9.17, 15) is 10.1 Å². The fourth-order valence-electron chi connectivity index (χ4n) is 4.34. The number of anilines is 1. The first kappa shape index (κ1) is 20.2. The molecule has 30 heavy (non-hydrogen) atoms. The first-order chi connectivity index (χ1) is 14.7. The number of nitriles is 1. The van der Waals surface area contributed by atoms with Crippen molar-refractivity contribution in [3.63, 3.8) is 0 Å². The van der Waals surface area contributed by atoms with Gasteiger partial charge < -0.3 is 19.9 Å². The van der Waals surface area contributed by atoms with Crippen LogP contribution in [-0.2, 0) is 10.2 Å². The maximum atomic E-state index is 12.9. The Labute approximate surface area is 177 Å². The number of urea groups is 1. The van der Waals surface area contributed by atoms with Crippen LogP contribution in [-0.4, -0.2) is 61.9 Å². The van der Waals surface area contributed by atoms with E-state index in [1.807, 2.05) is 11.0 Å². The molecule has 0 bridgehead atoms. The Morgan fingerprint density at radius 2 is 1.83 bits per heavy atom. The molecule has 7 heteroatoms. The summed E-state index contributed by atoms with van der Waals surface area (Å²) in [6.45, 7) is 4.58. The summed E-state index contributed by atoms with van der Waals surface area (Å²) in [5.74, 6) is 0.699. The molecule has 0 spiro atoms. The molecule has 2 aromatic rings. The van der Waals surface area contributed by atoms with E-state index in [1.165, 1.54) is 5.56 Å². The number of ether oxygens (including phenoxy) is 1. The predicted octanol–water partition coefficient (Wildman–Crippen LogP) is 2.53. The van der Waals surface area contributed by atoms with Crippen LogP contribution in [0.3, 0.4) is 0 Å². The Bertz CT molecular complexity index is 897. The highest BCUT2D eigenvalue weighted by Crippen LogP contribution is 2.34. The summed E-state index contributed by atoms with van der Waals surface area (Å²) in [5.41, 5.74) is 1.75. The lowest BCUT2D eigenvalue weighted by atomic mass is 9.74. The second kappa shape index (κ2) is 9.14. The smallest absolute Gasteiger partial charge is 0.317 e. The van der Waals surface area contributed by atoms with Gasteiger partial charge in [-0.3, -0.25) is 0 Å². The van der Waals surface area contributed by atoms with E-state index in [4.69, 9.17) is 4.74 Å². The van der Waals surface area contributed by atoms with Crippen molar-refractivity contribution >= 4 is 11.8 Å². The van der Waals surface area contributed by atoms with E-state index in [1.54, 1.807) is 18.3 Å². The summed E-state index contributed by atoms with van der Waals surface area (Å²) >= 11 is 0. The van der Waals surface area contributed by atoms with Gasteiger partial charge in [0.05, 0.1) is 5.56 Å². The largest absolute Gasteiger partial charge is 0.381 e. The summed E-state index contributed by atoms with van der Waals surface area (Å²) < 4.78 is 5.58. The Kier molecular flexibility index (Phi) is 6.15. The average Bonchev–Trinajstić information content (AvgIpc) is 2.84. The van der Waals surface area contributed by atoms with Gasteiger partial charge in [0.25, 0.3) is 0 Å². The molecular weight excluding hydrogens is 378 g/mol. The first-order valence-corrected chi connectivity index (χ1v) is 10.5. The van der Waals surface area contributed by atoms with Crippen molar-refractivity contribution in [2.75, 3.05) is 50.8 Å². The lowest BCUT2D eigenvalue weighted by molar-refractivity contribution is 0.0501. The van der Waals surface area contributed by atoms with E-state index >= 15 is 0 Å². The summed E-state index contributed by atoms with van der Waals surface area (Å²) in [7, 11) is 0. The summed E-state index contributed by atoms with van der Waals surface area (Å²) in [6.07, 6.45) is 3.51. The molecule has 0 radical (unpaired) electrons. The van der Waals surface area contributed by atoms with Gasteiger partial charge in [-0.1, -0.05) is 30.3 Å². The van der Waals surface area contributed by atoms with Gasteiger partial charge >= 0.3 is 6.03 Å². The van der Waals surface area contributed by atoms with E-state index in [2.05, 4.69) is 45.5 Å². The number of hydrogen-bond donors (Lipinski definition) is 1. The van der Waals surface area contributed by atoms with Crippen molar-refractivity contribution in [2.24, 2.45) is 0 Å². The Balaban J connectivity index is 1.36. The number of nitrogens with zero attached hydrogens (tertiary/aromatic N) is 4. The second-order valence-electron chi connectivity index (χ2n) is 7.88. The number of carbonyl (C=O) groups is 1. The SMILES string of the molecule is N#Cc1cccnc1N1CCN(C(=O)NCC2(c3ccccc3)CCOCC2)CC1. The van der Waals surface area contributed by atoms with Gasteiger partial charge in [-0.05, 0) is 30.5 Å². The van der Waals surface area contributed by atoms with Crippen LogP contribution in [0.1, 0.15) is 24.0 Å². The molecule has 0 saturated carbocycles. The summed E-state index contributed by atoms with van der Waals surface area (Å²) in [4.78, 5) is 21.2. The highest BCUT2D eigenvalue weighted by atomic mass is 16.5. The standard InChI is InChI=1S/C23H27N5O2/c24-17-19-5-4-10-25-21(19)27-11-13-28(14-12-27)22(29)26-18-23(8-15-30-16-9-23)20-6-2-1-3-7-20/h1-7,10H,8-9,11-16,18H2,(H,26,29). The fraction of sp³-hybridized carbons (Fsp3) is 0.435. The number of piperazine rings is 1. The van der Waals surface area contributed by atoms with E-state index in [0.29, 0.717) is 44.1 Å². The molecule has 0 unspecified atom stereocenters. The monoisotopic (exact) mass is 405 g/mol. The number of pyridine rings is 1. The van der Waals surface area contributed by atoms with Gasteiger partial charge in [0, 0.05) is 57.5 Å². The van der Waals surface area contributed by atoms with E-state index in [-0.39, 0.29) is 11.4 Å². The molecule has 4 rings (SSSR count). The van der Waals surface area contributed by atoms with Crippen LogP contribution in [0.4, 0.5) is 10.6 Å². The molecule has 3 heterocycles. The third-order valence-corrected chi connectivity index (χ3v) is 6.19. The van der Waals surface area contributed by atoms with Crippen molar-refractivity contribution in [2.45, 2.75) is 18.3 Å². The molecule has 2 amide bonds.